The molecule has 7 heteroatoms. The lowest BCUT2D eigenvalue weighted by Crippen LogP contribution is -2.29. The summed E-state index contributed by atoms with van der Waals surface area (Å²) in [6.07, 6.45) is 5.24. The van der Waals surface area contributed by atoms with E-state index in [2.05, 4.69) is 39.5 Å². The van der Waals surface area contributed by atoms with Crippen molar-refractivity contribution in [3.63, 3.8) is 0 Å². The van der Waals surface area contributed by atoms with Crippen LogP contribution >= 0.6 is 10.6 Å². The normalized spacial score (nSPS) is 18.2. The van der Waals surface area contributed by atoms with Crippen LogP contribution in [0.4, 0.5) is 5.69 Å². The van der Waals surface area contributed by atoms with Crippen LogP contribution in [-0.4, -0.2) is 23.9 Å². The second-order valence-electron chi connectivity index (χ2n) is 7.92. The zero-order valence-corrected chi connectivity index (χ0v) is 18.6. The average molecular weight is 438 g/mol. The lowest BCUT2D eigenvalue weighted by atomic mass is 10.0. The number of anilines is 1. The minimum absolute atomic E-state index is 0.0830. The lowest BCUT2D eigenvalue weighted by Gasteiger charge is -2.30. The van der Waals surface area contributed by atoms with Crippen LogP contribution in [0, 0.1) is 11.3 Å². The predicted octanol–water partition coefficient (Wildman–Crippen LogP) is 6.06. The van der Waals surface area contributed by atoms with Crippen molar-refractivity contribution in [2.75, 3.05) is 24.2 Å². The number of hydrogen-bond acceptors (Lipinski definition) is 6. The fourth-order valence-corrected chi connectivity index (χ4v) is 4.98. The van der Waals surface area contributed by atoms with Crippen LogP contribution in [0.15, 0.2) is 57.9 Å². The molecule has 6 nitrogen and oxygen atoms in total. The SMILES string of the molecule is C/C(=C(/C#N)S(C)(O)ON)c1ccc(-c2ccc3cc(N4CCCCC4)ccc3c2)o1. The Kier molecular flexibility index (Phi) is 6.08. The number of fused-ring (bicyclic) bond motifs is 1. The molecule has 0 bridgehead atoms. The van der Waals surface area contributed by atoms with E-state index in [-0.39, 0.29) is 4.91 Å². The van der Waals surface area contributed by atoms with Gasteiger partial charge in [-0.25, -0.2) is 0 Å². The lowest BCUT2D eigenvalue weighted by molar-refractivity contribution is 0.339. The van der Waals surface area contributed by atoms with Crippen molar-refractivity contribution in [1.82, 2.24) is 0 Å². The molecule has 31 heavy (non-hydrogen) atoms. The number of nitrogens with zero attached hydrogens (tertiary/aromatic N) is 2. The van der Waals surface area contributed by atoms with Gasteiger partial charge in [-0.3, -0.25) is 4.55 Å². The number of benzene rings is 2. The Hall–Kier alpha value is -2.76. The summed E-state index contributed by atoms with van der Waals surface area (Å²) in [5, 5.41) is 11.8. The molecule has 3 aromatic rings. The highest BCUT2D eigenvalue weighted by molar-refractivity contribution is 8.28. The van der Waals surface area contributed by atoms with Crippen molar-refractivity contribution in [2.45, 2.75) is 26.2 Å². The monoisotopic (exact) mass is 437 g/mol. The van der Waals surface area contributed by atoms with Crippen LogP contribution in [0.2, 0.25) is 0 Å². The molecule has 1 fully saturated rings. The quantitative estimate of drug-likeness (QED) is 0.372. The molecule has 2 aromatic carbocycles. The summed E-state index contributed by atoms with van der Waals surface area (Å²) in [6.45, 7) is 3.96. The van der Waals surface area contributed by atoms with Gasteiger partial charge >= 0.3 is 0 Å². The number of hydrogen-bond donors (Lipinski definition) is 2. The molecule has 0 saturated carbocycles. The van der Waals surface area contributed by atoms with Gasteiger partial charge in [0.05, 0.1) is 0 Å². The number of piperidine rings is 1. The first kappa shape index (κ1) is 21.5. The number of nitrogens with two attached hydrogens (primary N) is 1. The molecule has 1 aromatic heterocycles. The van der Waals surface area contributed by atoms with Crippen LogP contribution in [-0.2, 0) is 4.28 Å². The van der Waals surface area contributed by atoms with Gasteiger partial charge in [0.2, 0.25) is 0 Å². The topological polar surface area (TPSA) is 95.6 Å². The molecule has 162 valence electrons. The summed E-state index contributed by atoms with van der Waals surface area (Å²) >= 11 is 0. The average Bonchev–Trinajstić information content (AvgIpc) is 3.29. The highest BCUT2D eigenvalue weighted by Gasteiger charge is 2.22. The van der Waals surface area contributed by atoms with Crippen LogP contribution in [0.25, 0.3) is 27.7 Å². The van der Waals surface area contributed by atoms with Crippen LogP contribution in [0.3, 0.4) is 0 Å². The van der Waals surface area contributed by atoms with Gasteiger partial charge in [0, 0.05) is 36.2 Å². The van der Waals surface area contributed by atoms with Crippen LogP contribution < -0.4 is 10.8 Å². The zero-order chi connectivity index (χ0) is 22.0. The Balaban J connectivity index is 1.64. The molecule has 0 amide bonds. The van der Waals surface area contributed by atoms with Crippen LogP contribution in [0.1, 0.15) is 31.9 Å². The summed E-state index contributed by atoms with van der Waals surface area (Å²) in [6, 6.07) is 18.5. The van der Waals surface area contributed by atoms with E-state index >= 15 is 0 Å². The van der Waals surface area contributed by atoms with Crippen molar-refractivity contribution in [1.29, 1.82) is 5.26 Å². The molecule has 1 aliphatic rings. The molecule has 1 unspecified atom stereocenters. The molecule has 1 aliphatic heterocycles. The number of nitriles is 1. The van der Waals surface area contributed by atoms with E-state index in [1.165, 1.54) is 36.6 Å². The van der Waals surface area contributed by atoms with E-state index in [9.17, 15) is 9.81 Å². The predicted molar refractivity (Wildman–Crippen MR) is 127 cm³/mol. The van der Waals surface area contributed by atoms with Gasteiger partial charge in [-0.1, -0.05) is 18.2 Å². The van der Waals surface area contributed by atoms with Gasteiger partial charge in [0.1, 0.15) is 22.5 Å². The summed E-state index contributed by atoms with van der Waals surface area (Å²) in [7, 11) is -2.82. The van der Waals surface area contributed by atoms with Crippen molar-refractivity contribution >= 4 is 32.6 Å². The van der Waals surface area contributed by atoms with Crippen LogP contribution in [0.5, 0.6) is 0 Å². The second-order valence-corrected chi connectivity index (χ2v) is 10.1. The van der Waals surface area contributed by atoms with E-state index in [1.54, 1.807) is 13.0 Å². The molecule has 0 spiro atoms. The maximum Gasteiger partial charge on any atom is 0.144 e. The number of allylic oxidation sites excluding steroid dienone is 2. The maximum atomic E-state index is 10.3. The van der Waals surface area contributed by atoms with E-state index in [1.807, 2.05) is 18.2 Å². The van der Waals surface area contributed by atoms with E-state index < -0.39 is 10.6 Å². The standard InChI is InChI=1S/C24H27N3O3S/c1-17(24(16-25)31(2,28)30-26)22-10-11-23(29-22)20-7-6-19-15-21(9-8-18(19)14-20)27-12-4-3-5-13-27/h6-11,14-15,28H,3-5,12-13,26H2,1-2H3/b24-17+. The first-order chi connectivity index (χ1) is 14.9. The van der Waals surface area contributed by atoms with Gasteiger partial charge in [-0.15, -0.1) is 10.6 Å². The van der Waals surface area contributed by atoms with Gasteiger partial charge in [-0.2, -0.15) is 15.4 Å². The molecule has 0 radical (unpaired) electrons. The molecule has 1 atom stereocenters. The first-order valence-electron chi connectivity index (χ1n) is 10.3. The molecule has 1 saturated heterocycles. The van der Waals surface area contributed by atoms with E-state index in [0.717, 1.165) is 24.0 Å². The fraction of sp³-hybridized carbons (Fsp3) is 0.292. The Morgan fingerprint density at radius 2 is 1.81 bits per heavy atom. The van der Waals surface area contributed by atoms with Gasteiger partial charge < -0.3 is 9.32 Å². The summed E-state index contributed by atoms with van der Waals surface area (Å²) in [5.74, 6) is 6.36. The van der Waals surface area contributed by atoms with E-state index in [4.69, 9.17) is 10.3 Å². The third-order valence-electron chi connectivity index (χ3n) is 5.81. The highest BCUT2D eigenvalue weighted by Crippen LogP contribution is 2.50. The molecule has 2 heterocycles. The largest absolute Gasteiger partial charge is 0.456 e. The Morgan fingerprint density at radius 1 is 1.10 bits per heavy atom. The van der Waals surface area contributed by atoms with Gasteiger partial charge in [0.25, 0.3) is 0 Å². The number of rotatable bonds is 5. The first-order valence-corrected chi connectivity index (χ1v) is 12.2. The van der Waals surface area contributed by atoms with Crippen molar-refractivity contribution in [3.8, 4) is 17.4 Å². The smallest absolute Gasteiger partial charge is 0.144 e. The van der Waals surface area contributed by atoms with Crippen molar-refractivity contribution < 1.29 is 13.3 Å². The van der Waals surface area contributed by atoms with E-state index in [0.29, 0.717) is 17.1 Å². The van der Waals surface area contributed by atoms with Crippen molar-refractivity contribution in [3.05, 3.63) is 59.2 Å². The summed E-state index contributed by atoms with van der Waals surface area (Å²) < 4.78 is 20.9. The minimum Gasteiger partial charge on any atom is -0.456 e. The summed E-state index contributed by atoms with van der Waals surface area (Å²) in [4.78, 5) is 2.54. The summed E-state index contributed by atoms with van der Waals surface area (Å²) in [5.41, 5.74) is 2.73. The molecule has 0 aliphatic carbocycles. The van der Waals surface area contributed by atoms with Gasteiger partial charge in [-0.05, 0) is 67.3 Å². The Labute approximate surface area is 184 Å². The molecule has 4 rings (SSSR count). The highest BCUT2D eigenvalue weighted by atomic mass is 32.3. The zero-order valence-electron chi connectivity index (χ0n) is 17.8. The number of furan rings is 1. The third-order valence-corrected chi connectivity index (χ3v) is 7.34. The molecular formula is C24H27N3O3S. The van der Waals surface area contributed by atoms with Crippen molar-refractivity contribution in [2.24, 2.45) is 5.90 Å². The third kappa shape index (κ3) is 4.34. The minimum atomic E-state index is -2.82. The maximum absolute atomic E-state index is 10.3. The second kappa shape index (κ2) is 8.77. The molecular weight excluding hydrogens is 410 g/mol. The fourth-order valence-electron chi connectivity index (χ4n) is 4.04. The molecule has 3 N–H and O–H groups in total. The Morgan fingerprint density at radius 3 is 2.52 bits per heavy atom. The van der Waals surface area contributed by atoms with Gasteiger partial charge in [0.15, 0.2) is 0 Å². The Bertz CT molecular complexity index is 1170.